The van der Waals surface area contributed by atoms with Crippen molar-refractivity contribution in [3.05, 3.63) is 35.4 Å². The van der Waals surface area contributed by atoms with Gasteiger partial charge >= 0.3 is 5.97 Å². The van der Waals surface area contributed by atoms with Crippen LogP contribution in [-0.2, 0) is 20.8 Å². The fourth-order valence-corrected chi connectivity index (χ4v) is 2.15. The summed E-state index contributed by atoms with van der Waals surface area (Å²) < 4.78 is 0. The van der Waals surface area contributed by atoms with Gasteiger partial charge in [0, 0.05) is 12.8 Å². The minimum atomic E-state index is -1.06. The number of carboxylic acids is 1. The Balaban J connectivity index is 2.95. The van der Waals surface area contributed by atoms with E-state index in [1.165, 1.54) is 0 Å². The molecule has 5 nitrogen and oxygen atoms in total. The summed E-state index contributed by atoms with van der Waals surface area (Å²) in [5.74, 6) is -1.98. The molecule has 1 rings (SSSR count). The van der Waals surface area contributed by atoms with Crippen molar-refractivity contribution in [1.29, 1.82) is 0 Å². The second kappa shape index (κ2) is 7.69. The molecule has 0 aliphatic carbocycles. The number of Topliss-reactive ketones (excluding diaryl/α,β-unsaturated/α-hetero) is 2. The second-order valence-electron chi connectivity index (χ2n) is 4.96. The number of rotatable bonds is 8. The average molecular weight is 291 g/mol. The first-order chi connectivity index (χ1) is 9.90. The molecule has 0 spiro atoms. The van der Waals surface area contributed by atoms with E-state index >= 15 is 0 Å². The molecule has 1 aromatic carbocycles. The summed E-state index contributed by atoms with van der Waals surface area (Å²) in [7, 11) is 0. The summed E-state index contributed by atoms with van der Waals surface area (Å²) >= 11 is 0. The second-order valence-corrected chi connectivity index (χ2v) is 4.96. The predicted octanol–water partition coefficient (Wildman–Crippen LogP) is 1.68. The van der Waals surface area contributed by atoms with Crippen LogP contribution >= 0.6 is 0 Å². The van der Waals surface area contributed by atoms with Gasteiger partial charge in [-0.05, 0) is 17.5 Å². The molecule has 0 saturated carbocycles. The minimum Gasteiger partial charge on any atom is -0.480 e. The van der Waals surface area contributed by atoms with Crippen LogP contribution in [0.4, 0.5) is 0 Å². The van der Waals surface area contributed by atoms with Gasteiger partial charge in [-0.2, -0.15) is 0 Å². The van der Waals surface area contributed by atoms with Crippen LogP contribution in [0.5, 0.6) is 0 Å². The molecule has 3 N–H and O–H groups in total. The first kappa shape index (κ1) is 17.0. The Morgan fingerprint density at radius 2 is 1.52 bits per heavy atom. The third-order valence-electron chi connectivity index (χ3n) is 3.43. The molecule has 0 radical (unpaired) electrons. The van der Waals surface area contributed by atoms with Gasteiger partial charge in [0.15, 0.2) is 0 Å². The summed E-state index contributed by atoms with van der Waals surface area (Å²) in [4.78, 5) is 34.6. The first-order valence-electron chi connectivity index (χ1n) is 7.03. The van der Waals surface area contributed by atoms with Gasteiger partial charge in [-0.15, -0.1) is 0 Å². The monoisotopic (exact) mass is 291 g/mol. The summed E-state index contributed by atoms with van der Waals surface area (Å²) in [5, 5.41) is 8.78. The van der Waals surface area contributed by atoms with Gasteiger partial charge in [0.2, 0.25) is 0 Å². The van der Waals surface area contributed by atoms with Crippen molar-refractivity contribution in [3.63, 3.8) is 0 Å². The van der Waals surface area contributed by atoms with Crippen LogP contribution in [0, 0.1) is 0 Å². The molecule has 0 saturated heterocycles. The van der Waals surface area contributed by atoms with E-state index in [1.54, 1.807) is 38.1 Å². The molecule has 0 aliphatic rings. The third kappa shape index (κ3) is 4.49. The summed E-state index contributed by atoms with van der Waals surface area (Å²) in [6.45, 7) is 3.47. The Morgan fingerprint density at radius 3 is 1.90 bits per heavy atom. The van der Waals surface area contributed by atoms with Gasteiger partial charge in [0.05, 0.1) is 0 Å². The van der Waals surface area contributed by atoms with E-state index in [-0.39, 0.29) is 18.0 Å². The molecular formula is C16H21NO4. The quantitative estimate of drug-likeness (QED) is 0.710. The highest BCUT2D eigenvalue weighted by molar-refractivity contribution is 6.07. The Kier molecular flexibility index (Phi) is 6.24. The number of ketones is 2. The zero-order chi connectivity index (χ0) is 16.0. The van der Waals surface area contributed by atoms with E-state index < -0.39 is 17.9 Å². The Hall–Kier alpha value is -2.01. The van der Waals surface area contributed by atoms with Crippen LogP contribution in [-0.4, -0.2) is 28.7 Å². The summed E-state index contributed by atoms with van der Waals surface area (Å²) in [6, 6.07) is 5.89. The number of hydrogen-bond donors (Lipinski definition) is 2. The maximum atomic E-state index is 11.9. The molecule has 1 atom stereocenters. The zero-order valence-electron chi connectivity index (χ0n) is 12.3. The highest BCUT2D eigenvalue weighted by Gasteiger charge is 2.25. The molecule has 5 heteroatoms. The van der Waals surface area contributed by atoms with E-state index in [2.05, 4.69) is 0 Å². The molecule has 0 aromatic heterocycles. The standard InChI is InChI=1S/C16H21NO4/c1-3-13(18)15(14(19)4-2)11-7-5-10(6-8-11)9-12(17)16(20)21/h5-8,12,15H,3-4,9,17H2,1-2H3,(H,20,21). The highest BCUT2D eigenvalue weighted by atomic mass is 16.4. The SMILES string of the molecule is CCC(=O)C(C(=O)CC)c1ccc(CC(N)C(=O)O)cc1. The van der Waals surface area contributed by atoms with Crippen molar-refractivity contribution < 1.29 is 19.5 Å². The van der Waals surface area contributed by atoms with Crippen molar-refractivity contribution in [3.8, 4) is 0 Å². The molecule has 0 amide bonds. The number of aliphatic carboxylic acids is 1. The van der Waals surface area contributed by atoms with E-state index in [4.69, 9.17) is 10.8 Å². The largest absolute Gasteiger partial charge is 0.480 e. The van der Waals surface area contributed by atoms with Crippen LogP contribution in [0.3, 0.4) is 0 Å². The Bertz CT molecular complexity index is 506. The van der Waals surface area contributed by atoms with Crippen LogP contribution < -0.4 is 5.73 Å². The lowest BCUT2D eigenvalue weighted by atomic mass is 9.87. The van der Waals surface area contributed by atoms with Crippen molar-refractivity contribution >= 4 is 17.5 Å². The number of carboxylic acid groups (broad SMARTS) is 1. The van der Waals surface area contributed by atoms with Crippen molar-refractivity contribution in [2.24, 2.45) is 5.73 Å². The topological polar surface area (TPSA) is 97.5 Å². The van der Waals surface area contributed by atoms with Crippen molar-refractivity contribution in [1.82, 2.24) is 0 Å². The lowest BCUT2D eigenvalue weighted by molar-refractivity contribution is -0.138. The van der Waals surface area contributed by atoms with Crippen LogP contribution in [0.25, 0.3) is 0 Å². The van der Waals surface area contributed by atoms with E-state index in [0.29, 0.717) is 18.4 Å². The van der Waals surface area contributed by atoms with Gasteiger partial charge in [-0.3, -0.25) is 14.4 Å². The van der Waals surface area contributed by atoms with Crippen LogP contribution in [0.2, 0.25) is 0 Å². The van der Waals surface area contributed by atoms with Gasteiger partial charge in [-0.1, -0.05) is 38.1 Å². The van der Waals surface area contributed by atoms with Gasteiger partial charge in [-0.25, -0.2) is 0 Å². The van der Waals surface area contributed by atoms with Gasteiger partial charge in [0.1, 0.15) is 23.5 Å². The fourth-order valence-electron chi connectivity index (χ4n) is 2.15. The molecule has 1 unspecified atom stereocenters. The molecule has 0 fully saturated rings. The zero-order valence-corrected chi connectivity index (χ0v) is 12.3. The number of benzene rings is 1. The maximum Gasteiger partial charge on any atom is 0.320 e. The minimum absolute atomic E-state index is 0.100. The normalized spacial score (nSPS) is 12.2. The molecule has 0 heterocycles. The van der Waals surface area contributed by atoms with Crippen molar-refractivity contribution in [2.75, 3.05) is 0 Å². The highest BCUT2D eigenvalue weighted by Crippen LogP contribution is 2.22. The Labute approximate surface area is 124 Å². The molecule has 114 valence electrons. The van der Waals surface area contributed by atoms with Crippen LogP contribution in [0.15, 0.2) is 24.3 Å². The van der Waals surface area contributed by atoms with E-state index in [9.17, 15) is 14.4 Å². The number of nitrogens with two attached hydrogens (primary N) is 1. The Morgan fingerprint density at radius 1 is 1.05 bits per heavy atom. The summed E-state index contributed by atoms with van der Waals surface area (Å²) in [6.07, 6.45) is 0.827. The van der Waals surface area contributed by atoms with E-state index in [1.807, 2.05) is 0 Å². The molecule has 0 bridgehead atoms. The fraction of sp³-hybridized carbons (Fsp3) is 0.438. The smallest absolute Gasteiger partial charge is 0.320 e. The van der Waals surface area contributed by atoms with Crippen LogP contribution in [0.1, 0.15) is 43.7 Å². The number of carbonyl (C=O) groups excluding carboxylic acids is 2. The lowest BCUT2D eigenvalue weighted by Gasteiger charge is -2.14. The number of carbonyl (C=O) groups is 3. The average Bonchev–Trinajstić information content (AvgIpc) is 2.48. The van der Waals surface area contributed by atoms with Crippen molar-refractivity contribution in [2.45, 2.75) is 45.1 Å². The molecule has 21 heavy (non-hydrogen) atoms. The summed E-state index contributed by atoms with van der Waals surface area (Å²) in [5.41, 5.74) is 6.90. The molecule has 0 aliphatic heterocycles. The third-order valence-corrected chi connectivity index (χ3v) is 3.43. The first-order valence-corrected chi connectivity index (χ1v) is 7.03. The molecular weight excluding hydrogens is 270 g/mol. The van der Waals surface area contributed by atoms with Gasteiger partial charge in [0.25, 0.3) is 0 Å². The predicted molar refractivity (Wildman–Crippen MR) is 79.1 cm³/mol. The molecule has 1 aromatic rings. The van der Waals surface area contributed by atoms with Gasteiger partial charge < -0.3 is 10.8 Å². The lowest BCUT2D eigenvalue weighted by Crippen LogP contribution is -2.32. The van der Waals surface area contributed by atoms with E-state index in [0.717, 1.165) is 5.56 Å². The maximum absolute atomic E-state index is 11.9. The number of hydrogen-bond acceptors (Lipinski definition) is 4.